The molecule has 0 spiro atoms. The molecule has 1 aliphatic rings. The molecular weight excluding hydrogens is 344 g/mol. The van der Waals surface area contributed by atoms with Crippen LogP contribution in [0.3, 0.4) is 0 Å². The zero-order valence-corrected chi connectivity index (χ0v) is 14.3. The first kappa shape index (κ1) is 16.7. The Labute approximate surface area is 148 Å². The molecule has 3 rings (SSSR count). The third-order valence-electron chi connectivity index (χ3n) is 3.56. The van der Waals surface area contributed by atoms with Crippen molar-refractivity contribution < 1.29 is 23.5 Å². The van der Waals surface area contributed by atoms with Crippen LogP contribution in [-0.2, 0) is 9.59 Å². The van der Waals surface area contributed by atoms with E-state index < -0.39 is 11.8 Å². The van der Waals surface area contributed by atoms with Gasteiger partial charge in [-0.05, 0) is 42.6 Å². The van der Waals surface area contributed by atoms with Gasteiger partial charge in [0.25, 0.3) is 11.8 Å². The van der Waals surface area contributed by atoms with E-state index in [2.05, 4.69) is 5.32 Å². The van der Waals surface area contributed by atoms with Crippen LogP contribution in [0.15, 0.2) is 46.6 Å². The number of methoxy groups -OCH3 is 2. The minimum absolute atomic E-state index is 0.0434. The minimum Gasteiger partial charge on any atom is -0.497 e. The lowest BCUT2D eigenvalue weighted by molar-refractivity contribution is -0.122. The molecule has 0 atom stereocenters. The van der Waals surface area contributed by atoms with Gasteiger partial charge in [-0.3, -0.25) is 14.9 Å². The molecule has 0 radical (unpaired) electrons. The van der Waals surface area contributed by atoms with Crippen LogP contribution >= 0.6 is 12.2 Å². The van der Waals surface area contributed by atoms with Gasteiger partial charge in [-0.25, -0.2) is 4.90 Å². The number of carbonyl (C=O) groups is 2. The van der Waals surface area contributed by atoms with E-state index in [4.69, 9.17) is 26.1 Å². The van der Waals surface area contributed by atoms with Crippen molar-refractivity contribution in [1.82, 2.24) is 5.32 Å². The Balaban J connectivity index is 2.08. The van der Waals surface area contributed by atoms with Crippen LogP contribution in [0.25, 0.3) is 6.08 Å². The van der Waals surface area contributed by atoms with Gasteiger partial charge in [0.05, 0.1) is 26.2 Å². The van der Waals surface area contributed by atoms with Crippen molar-refractivity contribution in [2.75, 3.05) is 19.1 Å². The summed E-state index contributed by atoms with van der Waals surface area (Å²) in [7, 11) is 2.98. The summed E-state index contributed by atoms with van der Waals surface area (Å²) in [6.45, 7) is 0. The molecule has 7 nitrogen and oxygen atoms in total. The molecule has 8 heteroatoms. The van der Waals surface area contributed by atoms with Crippen molar-refractivity contribution in [3.05, 3.63) is 47.9 Å². The van der Waals surface area contributed by atoms with E-state index in [1.165, 1.54) is 31.5 Å². The predicted molar refractivity (Wildman–Crippen MR) is 94.5 cm³/mol. The molecule has 1 aromatic heterocycles. The van der Waals surface area contributed by atoms with Gasteiger partial charge in [-0.1, -0.05) is 0 Å². The van der Waals surface area contributed by atoms with Gasteiger partial charge in [0.2, 0.25) is 0 Å². The Kier molecular flexibility index (Phi) is 4.53. The number of nitrogens with one attached hydrogen (secondary N) is 1. The van der Waals surface area contributed by atoms with Crippen molar-refractivity contribution in [2.24, 2.45) is 0 Å². The Bertz CT molecular complexity index is 873. The van der Waals surface area contributed by atoms with Crippen molar-refractivity contribution in [2.45, 2.75) is 0 Å². The summed E-state index contributed by atoms with van der Waals surface area (Å²) in [6.07, 6.45) is 2.81. The minimum atomic E-state index is -0.593. The van der Waals surface area contributed by atoms with Gasteiger partial charge in [0.15, 0.2) is 5.11 Å². The highest BCUT2D eigenvalue weighted by Crippen LogP contribution is 2.34. The van der Waals surface area contributed by atoms with Crippen molar-refractivity contribution in [3.8, 4) is 11.5 Å². The smallest absolute Gasteiger partial charge is 0.270 e. The molecule has 1 aliphatic heterocycles. The zero-order valence-electron chi connectivity index (χ0n) is 13.4. The molecular formula is C17H14N2O5S. The van der Waals surface area contributed by atoms with E-state index in [0.29, 0.717) is 22.9 Å². The highest BCUT2D eigenvalue weighted by molar-refractivity contribution is 7.80. The number of benzene rings is 1. The van der Waals surface area contributed by atoms with Crippen LogP contribution in [0, 0.1) is 0 Å². The molecule has 0 saturated carbocycles. The van der Waals surface area contributed by atoms with Gasteiger partial charge in [-0.2, -0.15) is 0 Å². The maximum atomic E-state index is 12.9. The van der Waals surface area contributed by atoms with Crippen LogP contribution in [0.2, 0.25) is 0 Å². The van der Waals surface area contributed by atoms with Crippen molar-refractivity contribution in [3.63, 3.8) is 0 Å². The van der Waals surface area contributed by atoms with Crippen molar-refractivity contribution in [1.29, 1.82) is 0 Å². The van der Waals surface area contributed by atoms with Gasteiger partial charge in [0, 0.05) is 6.07 Å². The second-order valence-corrected chi connectivity index (χ2v) is 5.40. The van der Waals surface area contributed by atoms with Crippen LogP contribution in [0.5, 0.6) is 11.5 Å². The quantitative estimate of drug-likeness (QED) is 0.512. The van der Waals surface area contributed by atoms with E-state index in [0.717, 1.165) is 0 Å². The molecule has 0 aliphatic carbocycles. The highest BCUT2D eigenvalue weighted by atomic mass is 32.1. The second-order valence-electron chi connectivity index (χ2n) is 5.01. The number of hydrogen-bond donors (Lipinski definition) is 1. The number of rotatable bonds is 4. The highest BCUT2D eigenvalue weighted by Gasteiger charge is 2.36. The number of furan rings is 1. The first-order valence-corrected chi connectivity index (χ1v) is 7.63. The maximum absolute atomic E-state index is 12.9. The summed E-state index contributed by atoms with van der Waals surface area (Å²) >= 11 is 5.18. The Morgan fingerprint density at radius 2 is 2.00 bits per heavy atom. The monoisotopic (exact) mass is 358 g/mol. The Morgan fingerprint density at radius 3 is 2.64 bits per heavy atom. The normalized spacial score (nSPS) is 16.2. The average Bonchev–Trinajstić information content (AvgIpc) is 3.11. The summed E-state index contributed by atoms with van der Waals surface area (Å²) in [4.78, 5) is 26.3. The molecule has 2 amide bonds. The lowest BCUT2D eigenvalue weighted by Crippen LogP contribution is -2.54. The fourth-order valence-electron chi connectivity index (χ4n) is 2.36. The SMILES string of the molecule is COc1ccc(OC)c(N2C(=O)/C(=C/c3ccco3)C(=O)NC2=S)c1. The molecule has 0 bridgehead atoms. The van der Waals surface area contributed by atoms with E-state index in [9.17, 15) is 9.59 Å². The van der Waals surface area contributed by atoms with Gasteiger partial charge >= 0.3 is 0 Å². The Hall–Kier alpha value is -3.13. The third-order valence-corrected chi connectivity index (χ3v) is 3.84. The van der Waals surface area contributed by atoms with Gasteiger partial charge < -0.3 is 13.9 Å². The summed E-state index contributed by atoms with van der Waals surface area (Å²) in [5, 5.41) is 2.46. The predicted octanol–water partition coefficient (Wildman–Crippen LogP) is 2.13. The van der Waals surface area contributed by atoms with Crippen LogP contribution < -0.4 is 19.7 Å². The molecule has 25 heavy (non-hydrogen) atoms. The summed E-state index contributed by atoms with van der Waals surface area (Å²) < 4.78 is 15.7. The van der Waals surface area contributed by atoms with Crippen molar-refractivity contribution >= 4 is 40.9 Å². The van der Waals surface area contributed by atoms with E-state index in [-0.39, 0.29) is 10.7 Å². The average molecular weight is 358 g/mol. The molecule has 0 unspecified atom stereocenters. The molecule has 2 aromatic rings. The fraction of sp³-hybridized carbons (Fsp3) is 0.118. The Morgan fingerprint density at radius 1 is 1.20 bits per heavy atom. The first-order chi connectivity index (χ1) is 12.0. The molecule has 1 N–H and O–H groups in total. The number of thiocarbonyl (C=S) groups is 1. The number of carbonyl (C=O) groups excluding carboxylic acids is 2. The summed E-state index contributed by atoms with van der Waals surface area (Å²) in [6, 6.07) is 8.24. The van der Waals surface area contributed by atoms with Gasteiger partial charge in [-0.15, -0.1) is 0 Å². The zero-order chi connectivity index (χ0) is 18.0. The first-order valence-electron chi connectivity index (χ1n) is 7.22. The van der Waals surface area contributed by atoms with Crippen LogP contribution in [0.1, 0.15) is 5.76 Å². The molecule has 1 aromatic carbocycles. The van der Waals surface area contributed by atoms with E-state index >= 15 is 0 Å². The third kappa shape index (κ3) is 3.11. The molecule has 128 valence electrons. The largest absolute Gasteiger partial charge is 0.497 e. The number of amides is 2. The van der Waals surface area contributed by atoms with E-state index in [1.807, 2.05) is 0 Å². The lowest BCUT2D eigenvalue weighted by atomic mass is 10.1. The number of anilines is 1. The van der Waals surface area contributed by atoms with Crippen LogP contribution in [0.4, 0.5) is 5.69 Å². The van der Waals surface area contributed by atoms with Gasteiger partial charge in [0.1, 0.15) is 22.8 Å². The second kappa shape index (κ2) is 6.78. The molecule has 1 saturated heterocycles. The number of ether oxygens (including phenoxy) is 2. The lowest BCUT2D eigenvalue weighted by Gasteiger charge is -2.30. The summed E-state index contributed by atoms with van der Waals surface area (Å²) in [5.74, 6) is 0.120. The number of nitrogens with zero attached hydrogens (tertiary/aromatic N) is 1. The fourth-order valence-corrected chi connectivity index (χ4v) is 2.64. The number of hydrogen-bond acceptors (Lipinski definition) is 6. The summed E-state index contributed by atoms with van der Waals surface area (Å²) in [5.41, 5.74) is 0.260. The van der Waals surface area contributed by atoms with E-state index in [1.54, 1.807) is 30.3 Å². The maximum Gasteiger partial charge on any atom is 0.270 e. The molecule has 2 heterocycles. The topological polar surface area (TPSA) is 81.0 Å². The molecule has 1 fully saturated rings. The van der Waals surface area contributed by atoms with Crippen LogP contribution in [-0.4, -0.2) is 31.1 Å². The standard InChI is InChI=1S/C17H14N2O5S/c1-22-10-5-6-14(23-2)13(9-10)19-16(21)12(15(20)18-17(19)25)8-11-4-3-7-24-11/h3-9H,1-2H3,(H,18,20,25)/b12-8+.